The second-order valence-electron chi connectivity index (χ2n) is 7.29. The molecule has 0 aromatic rings. The lowest BCUT2D eigenvalue weighted by Crippen LogP contribution is -2.57. The van der Waals surface area contributed by atoms with Gasteiger partial charge in [-0.25, -0.2) is 4.79 Å². The number of rotatable bonds is 18. The molecule has 9 N–H and O–H groups in total. The number of nitrogens with two attached hydrogens (primary N) is 2. The van der Waals surface area contributed by atoms with E-state index in [0.29, 0.717) is 17.9 Å². The summed E-state index contributed by atoms with van der Waals surface area (Å²) in [6, 6.07) is -5.02. The van der Waals surface area contributed by atoms with Gasteiger partial charge in [-0.3, -0.25) is 24.0 Å². The smallest absolute Gasteiger partial charge is 0.326 e. The summed E-state index contributed by atoms with van der Waals surface area (Å²) in [7, 11) is 0. The number of amides is 4. The minimum Gasteiger partial charge on any atom is -0.481 e. The number of carboxylic acids is 2. The SMILES string of the molecule is CSCCC(N)C(=O)NC(CCSC)C(=O)NC(CCC(N)=O)C(=O)NC(CC(=O)O)C(=O)O. The zero-order chi connectivity index (χ0) is 26.3. The van der Waals surface area contributed by atoms with Crippen molar-refractivity contribution >= 4 is 59.1 Å². The molecule has 0 aromatic heterocycles. The van der Waals surface area contributed by atoms with Crippen LogP contribution in [-0.4, -0.2) is 94.0 Å². The fourth-order valence-electron chi connectivity index (χ4n) is 2.63. The standard InChI is InChI=1S/C19H33N5O8S2/c1-33-7-5-10(20)16(28)22-12(6-8-34-2)18(30)23-11(3-4-14(21)25)17(29)24-13(19(31)32)9-15(26)27/h10-13H,3-9,20H2,1-2H3,(H2,21,25)(H,22,28)(H,23,30)(H,24,29)(H,26,27)(H,31,32). The van der Waals surface area contributed by atoms with Crippen LogP contribution in [0.4, 0.5) is 0 Å². The van der Waals surface area contributed by atoms with Crippen molar-refractivity contribution in [1.82, 2.24) is 16.0 Å². The maximum Gasteiger partial charge on any atom is 0.326 e. The molecule has 0 radical (unpaired) electrons. The lowest BCUT2D eigenvalue weighted by Gasteiger charge is -2.25. The molecule has 4 amide bonds. The van der Waals surface area contributed by atoms with Crippen molar-refractivity contribution < 1.29 is 39.0 Å². The summed E-state index contributed by atoms with van der Waals surface area (Å²) in [6.45, 7) is 0. The summed E-state index contributed by atoms with van der Waals surface area (Å²) >= 11 is 2.94. The van der Waals surface area contributed by atoms with Gasteiger partial charge in [-0.15, -0.1) is 0 Å². The van der Waals surface area contributed by atoms with Gasteiger partial charge in [0.1, 0.15) is 18.1 Å². The number of carbonyl (C=O) groups is 6. The molecule has 0 bridgehead atoms. The highest BCUT2D eigenvalue weighted by Gasteiger charge is 2.31. The minimum absolute atomic E-state index is 0.217. The summed E-state index contributed by atoms with van der Waals surface area (Å²) in [5.74, 6) is -4.95. The highest BCUT2D eigenvalue weighted by molar-refractivity contribution is 7.98. The molecule has 0 saturated heterocycles. The number of aliphatic carboxylic acids is 2. The van der Waals surface area contributed by atoms with Crippen molar-refractivity contribution in [3.05, 3.63) is 0 Å². The molecule has 194 valence electrons. The average molecular weight is 524 g/mol. The number of nitrogens with one attached hydrogen (secondary N) is 3. The number of carbonyl (C=O) groups excluding carboxylic acids is 4. The lowest BCUT2D eigenvalue weighted by atomic mass is 10.1. The van der Waals surface area contributed by atoms with E-state index >= 15 is 0 Å². The van der Waals surface area contributed by atoms with Crippen LogP contribution in [0.25, 0.3) is 0 Å². The average Bonchev–Trinajstić information content (AvgIpc) is 2.76. The van der Waals surface area contributed by atoms with Gasteiger partial charge in [-0.1, -0.05) is 0 Å². The Bertz CT molecular complexity index is 739. The van der Waals surface area contributed by atoms with Gasteiger partial charge in [0.2, 0.25) is 23.6 Å². The second kappa shape index (κ2) is 17.0. The molecule has 0 heterocycles. The third kappa shape index (κ3) is 13.3. The second-order valence-corrected chi connectivity index (χ2v) is 9.27. The van der Waals surface area contributed by atoms with E-state index in [4.69, 9.17) is 21.7 Å². The quantitative estimate of drug-likeness (QED) is 0.105. The van der Waals surface area contributed by atoms with Gasteiger partial charge in [0, 0.05) is 6.42 Å². The molecule has 0 aliphatic heterocycles. The summed E-state index contributed by atoms with van der Waals surface area (Å²) in [5, 5.41) is 25.0. The fraction of sp³-hybridized carbons (Fsp3) is 0.684. The van der Waals surface area contributed by atoms with Crippen LogP contribution in [0.2, 0.25) is 0 Å². The zero-order valence-corrected chi connectivity index (χ0v) is 20.7. The fourth-order valence-corrected chi connectivity index (χ4v) is 3.59. The first-order chi connectivity index (χ1) is 15.9. The van der Waals surface area contributed by atoms with Crippen molar-refractivity contribution in [2.75, 3.05) is 24.0 Å². The van der Waals surface area contributed by atoms with Crippen LogP contribution in [0.1, 0.15) is 32.1 Å². The van der Waals surface area contributed by atoms with Gasteiger partial charge >= 0.3 is 11.9 Å². The van der Waals surface area contributed by atoms with Crippen LogP contribution < -0.4 is 27.4 Å². The molecule has 0 aliphatic carbocycles. The third-order valence-electron chi connectivity index (χ3n) is 4.52. The van der Waals surface area contributed by atoms with Gasteiger partial charge in [-0.05, 0) is 43.3 Å². The molecule has 34 heavy (non-hydrogen) atoms. The van der Waals surface area contributed by atoms with Gasteiger partial charge in [0.25, 0.3) is 0 Å². The van der Waals surface area contributed by atoms with Crippen LogP contribution >= 0.6 is 23.5 Å². The Morgan fingerprint density at radius 1 is 0.765 bits per heavy atom. The molecule has 0 aromatic carbocycles. The van der Waals surface area contributed by atoms with E-state index in [1.54, 1.807) is 6.26 Å². The highest BCUT2D eigenvalue weighted by atomic mass is 32.2. The summed E-state index contributed by atoms with van der Waals surface area (Å²) in [4.78, 5) is 71.2. The summed E-state index contributed by atoms with van der Waals surface area (Å²) < 4.78 is 0. The van der Waals surface area contributed by atoms with Gasteiger partial charge in [-0.2, -0.15) is 23.5 Å². The van der Waals surface area contributed by atoms with Crippen LogP contribution in [0.5, 0.6) is 0 Å². The van der Waals surface area contributed by atoms with E-state index in [1.165, 1.54) is 23.5 Å². The molecule has 0 spiro atoms. The van der Waals surface area contributed by atoms with Gasteiger partial charge < -0.3 is 37.6 Å². The maximum atomic E-state index is 12.9. The largest absolute Gasteiger partial charge is 0.481 e. The maximum absolute atomic E-state index is 12.9. The van der Waals surface area contributed by atoms with E-state index < -0.39 is 66.2 Å². The number of thioether (sulfide) groups is 2. The van der Waals surface area contributed by atoms with Crippen LogP contribution in [0, 0.1) is 0 Å². The molecule has 4 unspecified atom stereocenters. The van der Waals surface area contributed by atoms with E-state index in [1.807, 2.05) is 11.6 Å². The van der Waals surface area contributed by atoms with E-state index in [0.717, 1.165) is 0 Å². The normalized spacial score (nSPS) is 14.2. The molecular weight excluding hydrogens is 490 g/mol. The summed E-state index contributed by atoms with van der Waals surface area (Å²) in [6.07, 6.45) is 2.82. The van der Waals surface area contributed by atoms with E-state index in [-0.39, 0.29) is 19.3 Å². The number of hydrogen-bond donors (Lipinski definition) is 7. The van der Waals surface area contributed by atoms with Gasteiger partial charge in [0.15, 0.2) is 0 Å². The van der Waals surface area contributed by atoms with Crippen molar-refractivity contribution in [1.29, 1.82) is 0 Å². The molecule has 4 atom stereocenters. The van der Waals surface area contributed by atoms with E-state index in [9.17, 15) is 28.8 Å². The first kappa shape index (κ1) is 31.5. The Morgan fingerprint density at radius 2 is 1.24 bits per heavy atom. The number of hydrogen-bond acceptors (Lipinski definition) is 9. The van der Waals surface area contributed by atoms with Crippen molar-refractivity contribution in [2.24, 2.45) is 11.5 Å². The Labute approximate surface area is 205 Å². The van der Waals surface area contributed by atoms with Crippen LogP contribution in [0.15, 0.2) is 0 Å². The topological polar surface area (TPSA) is 231 Å². The highest BCUT2D eigenvalue weighted by Crippen LogP contribution is 2.06. The molecule has 15 heteroatoms. The first-order valence-corrected chi connectivity index (χ1v) is 13.1. The Balaban J connectivity index is 5.50. The Hall–Kier alpha value is -2.52. The lowest BCUT2D eigenvalue weighted by molar-refractivity contribution is -0.147. The van der Waals surface area contributed by atoms with Crippen LogP contribution in [-0.2, 0) is 28.8 Å². The molecule has 0 rings (SSSR count). The van der Waals surface area contributed by atoms with E-state index in [2.05, 4.69) is 10.6 Å². The number of primary amides is 1. The van der Waals surface area contributed by atoms with Crippen molar-refractivity contribution in [2.45, 2.75) is 56.3 Å². The predicted molar refractivity (Wildman–Crippen MR) is 128 cm³/mol. The molecule has 0 saturated carbocycles. The zero-order valence-electron chi connectivity index (χ0n) is 19.1. The first-order valence-electron chi connectivity index (χ1n) is 10.3. The van der Waals surface area contributed by atoms with Crippen molar-refractivity contribution in [3.8, 4) is 0 Å². The van der Waals surface area contributed by atoms with Crippen molar-refractivity contribution in [3.63, 3.8) is 0 Å². The molecular formula is C19H33N5O8S2. The Morgan fingerprint density at radius 3 is 1.71 bits per heavy atom. The monoisotopic (exact) mass is 523 g/mol. The predicted octanol–water partition coefficient (Wildman–Crippen LogP) is -1.90. The minimum atomic E-state index is -1.75. The Kier molecular flexibility index (Phi) is 15.7. The van der Waals surface area contributed by atoms with Gasteiger partial charge in [0.05, 0.1) is 12.5 Å². The molecule has 0 aliphatic rings. The summed E-state index contributed by atoms with van der Waals surface area (Å²) in [5.41, 5.74) is 11.0. The molecule has 13 nitrogen and oxygen atoms in total. The molecule has 0 fully saturated rings. The third-order valence-corrected chi connectivity index (χ3v) is 5.81. The van der Waals surface area contributed by atoms with Crippen LogP contribution in [0.3, 0.4) is 0 Å². The number of carboxylic acid groups (broad SMARTS) is 2.